The van der Waals surface area contributed by atoms with Crippen molar-refractivity contribution in [2.75, 3.05) is 6.54 Å². The van der Waals surface area contributed by atoms with Crippen LogP contribution in [0.3, 0.4) is 0 Å². The Hall–Kier alpha value is -0.0400. The first-order chi connectivity index (χ1) is 5.94. The van der Waals surface area contributed by atoms with Crippen LogP contribution in [0.25, 0.3) is 0 Å². The van der Waals surface area contributed by atoms with E-state index in [1.807, 2.05) is 0 Å². The lowest BCUT2D eigenvalue weighted by molar-refractivity contribution is 0.199. The Morgan fingerprint density at radius 3 is 2.08 bits per heavy atom. The first kappa shape index (κ1) is 13.0. The van der Waals surface area contributed by atoms with Crippen molar-refractivity contribution in [1.29, 1.82) is 0 Å². The van der Waals surface area contributed by atoms with Crippen LogP contribution in [0.1, 0.15) is 53.9 Å². The van der Waals surface area contributed by atoms with Crippen LogP contribution in [0.2, 0.25) is 0 Å². The van der Waals surface area contributed by atoms with Gasteiger partial charge >= 0.3 is 0 Å². The molecule has 80 valence electrons. The molecule has 0 fully saturated rings. The molecule has 0 saturated carbocycles. The second-order valence-electron chi connectivity index (χ2n) is 5.16. The van der Waals surface area contributed by atoms with Crippen molar-refractivity contribution in [3.05, 3.63) is 0 Å². The van der Waals surface area contributed by atoms with Crippen molar-refractivity contribution in [3.63, 3.8) is 0 Å². The Morgan fingerprint density at radius 2 is 1.69 bits per heavy atom. The third kappa shape index (κ3) is 4.66. The molecule has 0 spiro atoms. The van der Waals surface area contributed by atoms with E-state index in [4.69, 9.17) is 5.73 Å². The summed E-state index contributed by atoms with van der Waals surface area (Å²) in [5.74, 6) is 1.50. The van der Waals surface area contributed by atoms with Gasteiger partial charge in [0, 0.05) is 0 Å². The Morgan fingerprint density at radius 1 is 1.15 bits per heavy atom. The van der Waals surface area contributed by atoms with Crippen LogP contribution in [0.4, 0.5) is 0 Å². The Bertz CT molecular complexity index is 129. The largest absolute Gasteiger partial charge is 0.330 e. The van der Waals surface area contributed by atoms with Gasteiger partial charge < -0.3 is 5.73 Å². The van der Waals surface area contributed by atoms with Crippen molar-refractivity contribution >= 4 is 0 Å². The Balaban J connectivity index is 3.80. The molecule has 13 heavy (non-hydrogen) atoms. The zero-order valence-corrected chi connectivity index (χ0v) is 10.1. The predicted octanol–water partition coefficient (Wildman–Crippen LogP) is 3.43. The molecule has 0 aromatic heterocycles. The third-order valence-corrected chi connectivity index (χ3v) is 3.74. The molecule has 0 saturated heterocycles. The highest BCUT2D eigenvalue weighted by atomic mass is 14.5. The van der Waals surface area contributed by atoms with E-state index in [2.05, 4.69) is 34.6 Å². The maximum Gasteiger partial charge on any atom is -0.00515 e. The maximum absolute atomic E-state index is 5.60. The molecule has 0 aliphatic heterocycles. The molecule has 0 amide bonds. The average molecular weight is 185 g/mol. The summed E-state index contributed by atoms with van der Waals surface area (Å²) < 4.78 is 0. The number of rotatable bonds is 6. The van der Waals surface area contributed by atoms with E-state index in [1.54, 1.807) is 0 Å². The highest BCUT2D eigenvalue weighted by Crippen LogP contribution is 2.33. The molecule has 2 N–H and O–H groups in total. The van der Waals surface area contributed by atoms with Gasteiger partial charge in [-0.3, -0.25) is 0 Å². The van der Waals surface area contributed by atoms with Crippen molar-refractivity contribution in [2.45, 2.75) is 53.9 Å². The normalized spacial score (nSPS) is 17.1. The fourth-order valence-electron chi connectivity index (χ4n) is 1.39. The minimum atomic E-state index is 0.494. The summed E-state index contributed by atoms with van der Waals surface area (Å²) in [5, 5.41) is 0. The fraction of sp³-hybridized carbons (Fsp3) is 1.00. The summed E-state index contributed by atoms with van der Waals surface area (Å²) in [5.41, 5.74) is 6.09. The lowest BCUT2D eigenvalue weighted by atomic mass is 9.75. The molecule has 0 rings (SSSR count). The van der Waals surface area contributed by atoms with Crippen LogP contribution in [-0.2, 0) is 0 Å². The zero-order valence-electron chi connectivity index (χ0n) is 10.1. The molecular formula is C12H27N. The van der Waals surface area contributed by atoms with Gasteiger partial charge in [-0.15, -0.1) is 0 Å². The van der Waals surface area contributed by atoms with Crippen LogP contribution in [0.5, 0.6) is 0 Å². The lowest BCUT2D eigenvalue weighted by Gasteiger charge is -2.31. The zero-order chi connectivity index (χ0) is 10.5. The summed E-state index contributed by atoms with van der Waals surface area (Å²) in [6, 6.07) is 0. The van der Waals surface area contributed by atoms with Gasteiger partial charge in [-0.05, 0) is 36.6 Å². The van der Waals surface area contributed by atoms with E-state index < -0.39 is 0 Å². The van der Waals surface area contributed by atoms with Gasteiger partial charge in [-0.2, -0.15) is 0 Å². The van der Waals surface area contributed by atoms with Crippen molar-refractivity contribution in [1.82, 2.24) is 0 Å². The summed E-state index contributed by atoms with van der Waals surface area (Å²) in [7, 11) is 0. The molecule has 2 atom stereocenters. The van der Waals surface area contributed by atoms with Gasteiger partial charge in [0.25, 0.3) is 0 Å². The minimum Gasteiger partial charge on any atom is -0.330 e. The van der Waals surface area contributed by atoms with Crippen LogP contribution in [0, 0.1) is 17.3 Å². The summed E-state index contributed by atoms with van der Waals surface area (Å²) in [6.07, 6.45) is 3.87. The fourth-order valence-corrected chi connectivity index (χ4v) is 1.39. The highest BCUT2D eigenvalue weighted by Gasteiger charge is 2.23. The summed E-state index contributed by atoms with van der Waals surface area (Å²) in [4.78, 5) is 0. The number of hydrogen-bond donors (Lipinski definition) is 1. The van der Waals surface area contributed by atoms with Crippen molar-refractivity contribution in [2.24, 2.45) is 23.0 Å². The minimum absolute atomic E-state index is 0.494. The van der Waals surface area contributed by atoms with Crippen LogP contribution in [0.15, 0.2) is 0 Å². The van der Waals surface area contributed by atoms with E-state index >= 15 is 0 Å². The van der Waals surface area contributed by atoms with Gasteiger partial charge in [0.15, 0.2) is 0 Å². The highest BCUT2D eigenvalue weighted by molar-refractivity contribution is 4.74. The maximum atomic E-state index is 5.60. The Labute approximate surface area is 84.1 Å². The lowest BCUT2D eigenvalue weighted by Crippen LogP contribution is -2.22. The molecule has 0 aliphatic carbocycles. The molecule has 1 heteroatoms. The monoisotopic (exact) mass is 185 g/mol. The number of nitrogens with two attached hydrogens (primary N) is 1. The summed E-state index contributed by atoms with van der Waals surface area (Å²) >= 11 is 0. The van der Waals surface area contributed by atoms with E-state index in [1.165, 1.54) is 19.3 Å². The van der Waals surface area contributed by atoms with Crippen molar-refractivity contribution < 1.29 is 0 Å². The second kappa shape index (κ2) is 5.64. The van der Waals surface area contributed by atoms with Crippen LogP contribution < -0.4 is 5.73 Å². The average Bonchev–Trinajstić information content (AvgIpc) is 2.13. The van der Waals surface area contributed by atoms with E-state index in [0.29, 0.717) is 11.3 Å². The van der Waals surface area contributed by atoms with E-state index in [-0.39, 0.29) is 0 Å². The van der Waals surface area contributed by atoms with Crippen LogP contribution >= 0.6 is 0 Å². The molecule has 0 aliphatic rings. The number of hydrogen-bond acceptors (Lipinski definition) is 1. The second-order valence-corrected chi connectivity index (χ2v) is 5.16. The van der Waals surface area contributed by atoms with E-state index in [0.717, 1.165) is 12.5 Å². The molecule has 0 aromatic carbocycles. The quantitative estimate of drug-likeness (QED) is 0.674. The molecule has 1 nitrogen and oxygen atoms in total. The first-order valence-corrected chi connectivity index (χ1v) is 5.64. The molecule has 0 bridgehead atoms. The van der Waals surface area contributed by atoms with E-state index in [9.17, 15) is 0 Å². The molecule has 0 radical (unpaired) electrons. The van der Waals surface area contributed by atoms with Gasteiger partial charge in [0.05, 0.1) is 0 Å². The third-order valence-electron chi connectivity index (χ3n) is 3.74. The van der Waals surface area contributed by atoms with Gasteiger partial charge in [0.2, 0.25) is 0 Å². The first-order valence-electron chi connectivity index (χ1n) is 5.64. The summed E-state index contributed by atoms with van der Waals surface area (Å²) in [6.45, 7) is 12.5. The Kier molecular flexibility index (Phi) is 5.62. The van der Waals surface area contributed by atoms with Gasteiger partial charge in [0.1, 0.15) is 0 Å². The smallest absolute Gasteiger partial charge is 0.00515 e. The molecule has 2 unspecified atom stereocenters. The van der Waals surface area contributed by atoms with Gasteiger partial charge in [-0.1, -0.05) is 41.0 Å². The SMILES string of the molecule is CCC(C)(C)C(C)CCC(C)CN. The van der Waals surface area contributed by atoms with Crippen molar-refractivity contribution in [3.8, 4) is 0 Å². The predicted molar refractivity (Wildman–Crippen MR) is 60.7 cm³/mol. The standard InChI is InChI=1S/C12H27N/c1-6-12(4,5)11(3)8-7-10(2)9-13/h10-11H,6-9,13H2,1-5H3. The molecule has 0 heterocycles. The molecule has 0 aromatic rings. The van der Waals surface area contributed by atoms with Gasteiger partial charge in [-0.25, -0.2) is 0 Å². The molecular weight excluding hydrogens is 158 g/mol. The van der Waals surface area contributed by atoms with Crippen LogP contribution in [-0.4, -0.2) is 6.54 Å². The topological polar surface area (TPSA) is 26.0 Å².